The smallest absolute Gasteiger partial charge is 0.337 e. The van der Waals surface area contributed by atoms with Crippen LogP contribution in [-0.2, 0) is 4.74 Å². The molecule has 20 heavy (non-hydrogen) atoms. The van der Waals surface area contributed by atoms with Gasteiger partial charge in [0.2, 0.25) is 0 Å². The van der Waals surface area contributed by atoms with Crippen LogP contribution in [0.15, 0.2) is 18.2 Å². The molecular weight excluding hydrogens is 252 g/mol. The van der Waals surface area contributed by atoms with Crippen molar-refractivity contribution in [2.24, 2.45) is 5.92 Å². The molecule has 0 heterocycles. The molecule has 1 aromatic carbocycles. The third-order valence-corrected chi connectivity index (χ3v) is 4.20. The lowest BCUT2D eigenvalue weighted by atomic mass is 9.95. The van der Waals surface area contributed by atoms with Crippen molar-refractivity contribution in [3.05, 3.63) is 34.9 Å². The zero-order valence-electron chi connectivity index (χ0n) is 12.3. The second-order valence-corrected chi connectivity index (χ2v) is 5.63. The molecule has 0 aliphatic heterocycles. The number of aryl methyl sites for hydroxylation is 1. The fraction of sp³-hybridized carbons (Fsp3) is 0.529. The summed E-state index contributed by atoms with van der Waals surface area (Å²) in [6.45, 7) is 1.87. The molecule has 0 spiro atoms. The van der Waals surface area contributed by atoms with E-state index in [0.717, 1.165) is 23.5 Å². The highest BCUT2D eigenvalue weighted by atomic mass is 16.5. The lowest BCUT2D eigenvalue weighted by molar-refractivity contribution is 0.0600. The number of carbonyl (C=O) groups excluding carboxylic acids is 2. The Labute approximate surface area is 120 Å². The highest BCUT2D eigenvalue weighted by Crippen LogP contribution is 2.29. The maximum atomic E-state index is 12.3. The van der Waals surface area contributed by atoms with E-state index in [4.69, 9.17) is 0 Å². The Hall–Kier alpha value is -1.64. The standard InChI is InChI=1S/C17H22O3/c1-12-11-14(17(19)20-2)8-9-15(12)16(18)10-7-13-5-3-4-6-13/h8-9,11,13H,3-7,10H2,1-2H3. The van der Waals surface area contributed by atoms with Gasteiger partial charge >= 0.3 is 5.97 Å². The van der Waals surface area contributed by atoms with Crippen LogP contribution in [0.2, 0.25) is 0 Å². The highest BCUT2D eigenvalue weighted by Gasteiger charge is 2.18. The summed E-state index contributed by atoms with van der Waals surface area (Å²) in [5.41, 5.74) is 2.08. The van der Waals surface area contributed by atoms with Crippen LogP contribution >= 0.6 is 0 Å². The first-order valence-electron chi connectivity index (χ1n) is 7.34. The normalized spacial score (nSPS) is 15.3. The maximum absolute atomic E-state index is 12.3. The maximum Gasteiger partial charge on any atom is 0.337 e. The van der Waals surface area contributed by atoms with Crippen molar-refractivity contribution in [3.8, 4) is 0 Å². The molecule has 0 aromatic heterocycles. The Bertz CT molecular complexity index is 499. The van der Waals surface area contributed by atoms with E-state index in [0.29, 0.717) is 12.0 Å². The molecule has 0 N–H and O–H groups in total. The van der Waals surface area contributed by atoms with Crippen molar-refractivity contribution in [2.75, 3.05) is 7.11 Å². The van der Waals surface area contributed by atoms with E-state index >= 15 is 0 Å². The largest absolute Gasteiger partial charge is 0.465 e. The van der Waals surface area contributed by atoms with Crippen molar-refractivity contribution in [1.82, 2.24) is 0 Å². The van der Waals surface area contributed by atoms with E-state index in [1.807, 2.05) is 6.92 Å². The van der Waals surface area contributed by atoms with E-state index in [9.17, 15) is 9.59 Å². The second kappa shape index (κ2) is 6.69. The van der Waals surface area contributed by atoms with Crippen molar-refractivity contribution in [1.29, 1.82) is 0 Å². The van der Waals surface area contributed by atoms with Gasteiger partial charge in [-0.25, -0.2) is 4.79 Å². The van der Waals surface area contributed by atoms with Gasteiger partial charge in [-0.05, 0) is 37.0 Å². The van der Waals surface area contributed by atoms with Crippen molar-refractivity contribution in [3.63, 3.8) is 0 Å². The monoisotopic (exact) mass is 274 g/mol. The molecule has 3 heteroatoms. The van der Waals surface area contributed by atoms with E-state index in [2.05, 4.69) is 4.74 Å². The molecule has 0 bridgehead atoms. The quantitative estimate of drug-likeness (QED) is 0.603. The molecule has 1 aliphatic carbocycles. The third-order valence-electron chi connectivity index (χ3n) is 4.20. The molecule has 1 fully saturated rings. The first kappa shape index (κ1) is 14.8. The van der Waals surface area contributed by atoms with Crippen molar-refractivity contribution >= 4 is 11.8 Å². The summed E-state index contributed by atoms with van der Waals surface area (Å²) in [6.07, 6.45) is 6.78. The van der Waals surface area contributed by atoms with Crippen LogP contribution in [0.5, 0.6) is 0 Å². The van der Waals surface area contributed by atoms with E-state index < -0.39 is 0 Å². The number of ether oxygens (including phenoxy) is 1. The van der Waals surface area contributed by atoms with Gasteiger partial charge in [0, 0.05) is 12.0 Å². The van der Waals surface area contributed by atoms with Gasteiger partial charge in [-0.1, -0.05) is 31.7 Å². The minimum Gasteiger partial charge on any atom is -0.465 e. The molecule has 108 valence electrons. The molecular formula is C17H22O3. The van der Waals surface area contributed by atoms with E-state index in [-0.39, 0.29) is 11.8 Å². The fourth-order valence-corrected chi connectivity index (χ4v) is 2.99. The first-order chi connectivity index (χ1) is 9.61. The third kappa shape index (κ3) is 3.47. The van der Waals surface area contributed by atoms with Crippen LogP contribution in [0, 0.1) is 12.8 Å². The summed E-state index contributed by atoms with van der Waals surface area (Å²) < 4.78 is 4.68. The fourth-order valence-electron chi connectivity index (χ4n) is 2.99. The molecule has 3 nitrogen and oxygen atoms in total. The minimum absolute atomic E-state index is 0.186. The van der Waals surface area contributed by atoms with Crippen LogP contribution < -0.4 is 0 Å². The molecule has 1 saturated carbocycles. The van der Waals surface area contributed by atoms with Gasteiger partial charge in [-0.15, -0.1) is 0 Å². The molecule has 1 aliphatic rings. The van der Waals surface area contributed by atoms with Crippen LogP contribution in [0.25, 0.3) is 0 Å². The summed E-state index contributed by atoms with van der Waals surface area (Å²) in [5, 5.41) is 0. The summed E-state index contributed by atoms with van der Waals surface area (Å²) in [4.78, 5) is 23.7. The Morgan fingerprint density at radius 1 is 1.25 bits per heavy atom. The summed E-state index contributed by atoms with van der Waals surface area (Å²) >= 11 is 0. The summed E-state index contributed by atoms with van der Waals surface area (Å²) in [7, 11) is 1.36. The van der Waals surface area contributed by atoms with E-state index in [1.165, 1.54) is 32.8 Å². The zero-order valence-corrected chi connectivity index (χ0v) is 12.3. The Morgan fingerprint density at radius 3 is 2.55 bits per heavy atom. The van der Waals surface area contributed by atoms with Gasteiger partial charge in [0.25, 0.3) is 0 Å². The first-order valence-corrected chi connectivity index (χ1v) is 7.34. The lowest BCUT2D eigenvalue weighted by Crippen LogP contribution is -2.07. The van der Waals surface area contributed by atoms with Gasteiger partial charge in [0.05, 0.1) is 12.7 Å². The molecule has 0 radical (unpaired) electrons. The number of rotatable bonds is 5. The Balaban J connectivity index is 2.00. The molecule has 2 rings (SSSR count). The molecule has 0 atom stereocenters. The predicted octanol–water partition coefficient (Wildman–Crippen LogP) is 3.93. The highest BCUT2D eigenvalue weighted by molar-refractivity contribution is 5.99. The molecule has 1 aromatic rings. The number of benzene rings is 1. The lowest BCUT2D eigenvalue weighted by Gasteiger charge is -2.10. The Kier molecular flexibility index (Phi) is 4.94. The number of esters is 1. The van der Waals surface area contributed by atoms with Crippen molar-refractivity contribution in [2.45, 2.75) is 45.4 Å². The number of methoxy groups -OCH3 is 1. The topological polar surface area (TPSA) is 43.4 Å². The average Bonchev–Trinajstić information content (AvgIpc) is 2.97. The van der Waals surface area contributed by atoms with Crippen LogP contribution in [-0.4, -0.2) is 18.9 Å². The zero-order chi connectivity index (χ0) is 14.5. The number of ketones is 1. The number of hydrogen-bond acceptors (Lipinski definition) is 3. The van der Waals surface area contributed by atoms with Gasteiger partial charge in [0.1, 0.15) is 0 Å². The predicted molar refractivity (Wildman–Crippen MR) is 78.0 cm³/mol. The van der Waals surface area contributed by atoms with Crippen molar-refractivity contribution < 1.29 is 14.3 Å². The Morgan fingerprint density at radius 2 is 1.95 bits per heavy atom. The second-order valence-electron chi connectivity index (χ2n) is 5.63. The minimum atomic E-state index is -0.363. The summed E-state index contributed by atoms with van der Waals surface area (Å²) in [5.74, 6) is 0.553. The number of carbonyl (C=O) groups is 2. The molecule has 0 saturated heterocycles. The van der Waals surface area contributed by atoms with Gasteiger partial charge in [-0.2, -0.15) is 0 Å². The number of Topliss-reactive ketones (excluding diaryl/α,β-unsaturated/α-hetero) is 1. The SMILES string of the molecule is COC(=O)c1ccc(C(=O)CCC2CCCC2)c(C)c1. The van der Waals surface area contributed by atoms with Crippen LogP contribution in [0.3, 0.4) is 0 Å². The van der Waals surface area contributed by atoms with Gasteiger partial charge in [-0.3, -0.25) is 4.79 Å². The van der Waals surface area contributed by atoms with Gasteiger partial charge < -0.3 is 4.74 Å². The summed E-state index contributed by atoms with van der Waals surface area (Å²) in [6, 6.07) is 5.15. The average molecular weight is 274 g/mol. The molecule has 0 amide bonds. The van der Waals surface area contributed by atoms with E-state index in [1.54, 1.807) is 18.2 Å². The number of hydrogen-bond donors (Lipinski definition) is 0. The van der Waals surface area contributed by atoms with Crippen LogP contribution in [0.4, 0.5) is 0 Å². The van der Waals surface area contributed by atoms with Gasteiger partial charge in [0.15, 0.2) is 5.78 Å². The van der Waals surface area contributed by atoms with Crippen LogP contribution in [0.1, 0.15) is 64.8 Å². The molecule has 0 unspecified atom stereocenters.